The lowest BCUT2D eigenvalue weighted by molar-refractivity contribution is -0.111. The van der Waals surface area contributed by atoms with E-state index in [2.05, 4.69) is 4.98 Å². The predicted octanol–water partition coefficient (Wildman–Crippen LogP) is 4.59. The van der Waals surface area contributed by atoms with Gasteiger partial charge in [0.25, 0.3) is 0 Å². The molecule has 1 N–H and O–H groups in total. The Morgan fingerprint density at radius 3 is 2.14 bits per heavy atom. The van der Waals surface area contributed by atoms with E-state index in [1.165, 1.54) is 43.9 Å². The van der Waals surface area contributed by atoms with E-state index in [4.69, 9.17) is 5.11 Å². The summed E-state index contributed by atoms with van der Waals surface area (Å²) in [6, 6.07) is 5.64. The predicted molar refractivity (Wildman–Crippen MR) is 88.4 cm³/mol. The van der Waals surface area contributed by atoms with E-state index < -0.39 is 0 Å². The van der Waals surface area contributed by atoms with Gasteiger partial charge >= 0.3 is 0 Å². The summed E-state index contributed by atoms with van der Waals surface area (Å²) in [6.45, 7) is 0.324. The van der Waals surface area contributed by atoms with Gasteiger partial charge in [0.2, 0.25) is 0 Å². The van der Waals surface area contributed by atoms with Crippen LogP contribution in [0.25, 0.3) is 0 Å². The Hall–Kier alpha value is -0.870. The van der Waals surface area contributed by atoms with Gasteiger partial charge in [-0.05, 0) is 36.7 Å². The molecule has 0 saturated carbocycles. The molecule has 0 bridgehead atoms. The van der Waals surface area contributed by atoms with E-state index in [0.29, 0.717) is 13.0 Å². The quantitative estimate of drug-likeness (QED) is 0.453. The van der Waals surface area contributed by atoms with Gasteiger partial charge in [-0.3, -0.25) is 4.79 Å². The van der Waals surface area contributed by atoms with Crippen LogP contribution in [0.1, 0.15) is 64.2 Å². The second-order valence-corrected chi connectivity index (χ2v) is 6.38. The first-order valence-corrected chi connectivity index (χ1v) is 8.87. The molecule has 0 aliphatic rings. The van der Waals surface area contributed by atoms with Crippen molar-refractivity contribution < 1.29 is 9.90 Å². The molecule has 0 aliphatic heterocycles. The average molecular weight is 309 g/mol. The lowest BCUT2D eigenvalue weighted by Gasteiger charge is -2.02. The molecule has 0 amide bonds. The molecule has 0 aromatic carbocycles. The number of carbonyl (C=O) groups excluding carboxylic acids is 1. The molecular formula is C17H27NO2S. The molecular weight excluding hydrogens is 282 g/mol. The molecule has 4 heteroatoms. The highest BCUT2D eigenvalue weighted by molar-refractivity contribution is 8.13. The number of pyridine rings is 1. The smallest absolute Gasteiger partial charge is 0.195 e. The lowest BCUT2D eigenvalue weighted by atomic mass is 10.1. The maximum absolute atomic E-state index is 11.8. The van der Waals surface area contributed by atoms with Crippen molar-refractivity contribution in [2.24, 2.45) is 0 Å². The maximum Gasteiger partial charge on any atom is 0.195 e. The van der Waals surface area contributed by atoms with Crippen molar-refractivity contribution in [1.82, 2.24) is 4.98 Å². The highest BCUT2D eigenvalue weighted by atomic mass is 32.2. The first-order chi connectivity index (χ1) is 10.3. The van der Waals surface area contributed by atoms with Crippen LogP contribution in [0.3, 0.4) is 0 Å². The number of aromatic nitrogens is 1. The molecule has 3 nitrogen and oxygen atoms in total. The van der Waals surface area contributed by atoms with E-state index in [9.17, 15) is 4.79 Å². The van der Waals surface area contributed by atoms with Crippen molar-refractivity contribution in [1.29, 1.82) is 0 Å². The van der Waals surface area contributed by atoms with Gasteiger partial charge in [-0.2, -0.15) is 0 Å². The summed E-state index contributed by atoms with van der Waals surface area (Å²) in [7, 11) is 0. The molecule has 0 saturated heterocycles. The topological polar surface area (TPSA) is 50.2 Å². The summed E-state index contributed by atoms with van der Waals surface area (Å²) in [4.78, 5) is 15.9. The van der Waals surface area contributed by atoms with Crippen LogP contribution >= 0.6 is 11.8 Å². The Morgan fingerprint density at radius 1 is 0.952 bits per heavy atom. The van der Waals surface area contributed by atoms with Crippen molar-refractivity contribution >= 4 is 16.9 Å². The number of unbranched alkanes of at least 4 members (excludes halogenated alkanes) is 8. The van der Waals surface area contributed by atoms with Gasteiger partial charge in [-0.1, -0.05) is 51.0 Å². The summed E-state index contributed by atoms with van der Waals surface area (Å²) >= 11 is 1.25. The number of hydrogen-bond acceptors (Lipinski definition) is 4. The Kier molecular flexibility index (Phi) is 11.1. The molecule has 1 aromatic rings. The van der Waals surface area contributed by atoms with Crippen molar-refractivity contribution in [2.75, 3.05) is 6.61 Å². The average Bonchev–Trinajstić information content (AvgIpc) is 2.50. The second kappa shape index (κ2) is 12.8. The van der Waals surface area contributed by atoms with Gasteiger partial charge in [-0.25, -0.2) is 4.98 Å². The van der Waals surface area contributed by atoms with E-state index >= 15 is 0 Å². The van der Waals surface area contributed by atoms with Gasteiger partial charge < -0.3 is 5.11 Å². The van der Waals surface area contributed by atoms with Gasteiger partial charge in [0.1, 0.15) is 5.03 Å². The largest absolute Gasteiger partial charge is 0.396 e. The summed E-state index contributed by atoms with van der Waals surface area (Å²) in [6.07, 6.45) is 12.9. The minimum Gasteiger partial charge on any atom is -0.396 e. The number of hydrogen-bond donors (Lipinski definition) is 1. The molecule has 0 aliphatic carbocycles. The van der Waals surface area contributed by atoms with E-state index in [1.54, 1.807) is 6.20 Å². The molecule has 1 heterocycles. The van der Waals surface area contributed by atoms with Gasteiger partial charge in [0.05, 0.1) is 0 Å². The number of aliphatic hydroxyl groups is 1. The summed E-state index contributed by atoms with van der Waals surface area (Å²) in [5.74, 6) is 0. The highest BCUT2D eigenvalue weighted by Crippen LogP contribution is 2.19. The third kappa shape index (κ3) is 10.5. The maximum atomic E-state index is 11.8. The van der Waals surface area contributed by atoms with Crippen LogP contribution in [0.2, 0.25) is 0 Å². The van der Waals surface area contributed by atoms with Gasteiger partial charge in [0, 0.05) is 19.2 Å². The zero-order valence-electron chi connectivity index (χ0n) is 12.8. The molecule has 118 valence electrons. The Bertz CT molecular complexity index is 370. The van der Waals surface area contributed by atoms with Crippen LogP contribution < -0.4 is 0 Å². The summed E-state index contributed by atoms with van der Waals surface area (Å²) in [5.41, 5.74) is 0. The van der Waals surface area contributed by atoms with E-state index in [1.807, 2.05) is 18.2 Å². The fourth-order valence-corrected chi connectivity index (χ4v) is 2.93. The Morgan fingerprint density at radius 2 is 1.57 bits per heavy atom. The molecule has 1 rings (SSSR count). The van der Waals surface area contributed by atoms with Gasteiger partial charge in [-0.15, -0.1) is 0 Å². The van der Waals surface area contributed by atoms with Crippen molar-refractivity contribution in [2.45, 2.75) is 69.2 Å². The number of nitrogens with zero attached hydrogens (tertiary/aromatic N) is 1. The number of aliphatic hydroxyl groups excluding tert-OH is 1. The Labute approximate surface area is 132 Å². The summed E-state index contributed by atoms with van der Waals surface area (Å²) < 4.78 is 0. The van der Waals surface area contributed by atoms with Crippen LogP contribution in [0.4, 0.5) is 0 Å². The Balaban J connectivity index is 1.89. The van der Waals surface area contributed by atoms with Crippen LogP contribution in [0.15, 0.2) is 29.4 Å². The van der Waals surface area contributed by atoms with E-state index in [0.717, 1.165) is 30.7 Å². The zero-order valence-corrected chi connectivity index (χ0v) is 13.6. The third-order valence-corrected chi connectivity index (χ3v) is 4.28. The normalized spacial score (nSPS) is 10.7. The standard InChI is InChI=1S/C17H27NO2S/c19-15-11-7-5-3-1-2-4-6-8-13-17(20)21-16-12-9-10-14-18-16/h9-10,12,14,19H,1-8,11,13,15H2. The van der Waals surface area contributed by atoms with Gasteiger partial charge in [0.15, 0.2) is 5.12 Å². The first kappa shape index (κ1) is 18.2. The fraction of sp³-hybridized carbons (Fsp3) is 0.647. The second-order valence-electron chi connectivity index (χ2n) is 5.30. The van der Waals surface area contributed by atoms with E-state index in [-0.39, 0.29) is 5.12 Å². The molecule has 0 spiro atoms. The number of thioether (sulfide) groups is 1. The van der Waals surface area contributed by atoms with Crippen molar-refractivity contribution in [3.63, 3.8) is 0 Å². The van der Waals surface area contributed by atoms with Crippen LogP contribution in [0, 0.1) is 0 Å². The van der Waals surface area contributed by atoms with Crippen LogP contribution in [-0.2, 0) is 4.79 Å². The minimum absolute atomic E-state index is 0.220. The molecule has 0 fully saturated rings. The molecule has 1 aromatic heterocycles. The van der Waals surface area contributed by atoms with Crippen LogP contribution in [-0.4, -0.2) is 21.8 Å². The molecule has 0 radical (unpaired) electrons. The van der Waals surface area contributed by atoms with Crippen molar-refractivity contribution in [3.05, 3.63) is 24.4 Å². The monoisotopic (exact) mass is 309 g/mol. The SMILES string of the molecule is O=C(CCCCCCCCCCCO)Sc1ccccn1. The lowest BCUT2D eigenvalue weighted by Crippen LogP contribution is -1.92. The zero-order chi connectivity index (χ0) is 15.2. The molecule has 0 unspecified atom stereocenters. The summed E-state index contributed by atoms with van der Waals surface area (Å²) in [5, 5.41) is 9.69. The highest BCUT2D eigenvalue weighted by Gasteiger charge is 2.04. The third-order valence-electron chi connectivity index (χ3n) is 3.40. The molecule has 0 atom stereocenters. The number of carbonyl (C=O) groups is 1. The van der Waals surface area contributed by atoms with Crippen molar-refractivity contribution in [3.8, 4) is 0 Å². The minimum atomic E-state index is 0.220. The molecule has 21 heavy (non-hydrogen) atoms. The number of rotatable bonds is 12. The first-order valence-electron chi connectivity index (χ1n) is 8.05. The van der Waals surface area contributed by atoms with Crippen LogP contribution in [0.5, 0.6) is 0 Å². The fourth-order valence-electron chi connectivity index (χ4n) is 2.19.